The Kier molecular flexibility index (Phi) is 15.7. The number of imide groups is 1. The molecule has 2 atom stereocenters. The van der Waals surface area contributed by atoms with E-state index in [1.165, 1.54) is 0 Å². The molecule has 2 unspecified atom stereocenters. The Hall–Kier alpha value is -4.66. The van der Waals surface area contributed by atoms with Crippen molar-refractivity contribution in [2.75, 3.05) is 44.9 Å². The fraction of sp³-hybridized carbons (Fsp3) is 0.526. The van der Waals surface area contributed by atoms with Gasteiger partial charge >= 0.3 is 6.16 Å². The van der Waals surface area contributed by atoms with Gasteiger partial charge in [-0.1, -0.05) is 36.6 Å². The lowest BCUT2D eigenvalue weighted by Gasteiger charge is -2.17. The van der Waals surface area contributed by atoms with Crippen molar-refractivity contribution in [3.05, 3.63) is 53.1 Å². The molecule has 52 heavy (non-hydrogen) atoms. The van der Waals surface area contributed by atoms with E-state index in [1.807, 2.05) is 19.1 Å². The van der Waals surface area contributed by atoms with Gasteiger partial charge in [0.05, 0.1) is 12.7 Å². The highest BCUT2D eigenvalue weighted by Crippen LogP contribution is 2.46. The van der Waals surface area contributed by atoms with Crippen molar-refractivity contribution in [1.82, 2.24) is 10.4 Å². The average molecular weight is 724 g/mol. The Morgan fingerprint density at radius 1 is 0.885 bits per heavy atom. The SMILES string of the molecule is CCCCOCCNC(=O)CCCC(=O)Nc1ccc2c(c1)C(COC(=O)ON1C(=O)CCC1=O)c1cc(C(=O)CCCOC(C)CCO)ccc1-2. The zero-order valence-corrected chi connectivity index (χ0v) is 29.9. The van der Waals surface area contributed by atoms with Crippen LogP contribution in [0, 0.1) is 0 Å². The number of rotatable bonds is 22. The lowest BCUT2D eigenvalue weighted by atomic mass is 9.94. The lowest BCUT2D eigenvalue weighted by molar-refractivity contribution is -0.177. The van der Waals surface area contributed by atoms with Crippen LogP contribution in [0.4, 0.5) is 10.5 Å². The summed E-state index contributed by atoms with van der Waals surface area (Å²) in [5.41, 5.74) is 4.06. The van der Waals surface area contributed by atoms with Crippen molar-refractivity contribution in [1.29, 1.82) is 0 Å². The van der Waals surface area contributed by atoms with E-state index in [4.69, 9.17) is 24.2 Å². The second kappa shape index (κ2) is 20.4. The molecule has 0 aromatic heterocycles. The van der Waals surface area contributed by atoms with E-state index in [9.17, 15) is 28.8 Å². The van der Waals surface area contributed by atoms with Crippen LogP contribution in [0.5, 0.6) is 0 Å². The first-order chi connectivity index (χ1) is 25.1. The number of fused-ring (bicyclic) bond motifs is 3. The molecule has 3 N–H and O–H groups in total. The van der Waals surface area contributed by atoms with E-state index in [0.717, 1.165) is 35.1 Å². The van der Waals surface area contributed by atoms with Crippen molar-refractivity contribution in [2.24, 2.45) is 0 Å². The number of amides is 4. The number of hydrogen-bond donors (Lipinski definition) is 3. The number of unbranched alkanes of at least 4 members (excludes halogenated alkanes) is 1. The third kappa shape index (κ3) is 11.7. The number of anilines is 1. The van der Waals surface area contributed by atoms with Crippen LogP contribution >= 0.6 is 0 Å². The summed E-state index contributed by atoms with van der Waals surface area (Å²) >= 11 is 0. The maximum atomic E-state index is 13.2. The molecule has 0 saturated carbocycles. The monoisotopic (exact) mass is 723 g/mol. The van der Waals surface area contributed by atoms with Crippen LogP contribution in [0.25, 0.3) is 11.1 Å². The van der Waals surface area contributed by atoms with Crippen LogP contribution in [-0.2, 0) is 38.2 Å². The first-order valence-corrected chi connectivity index (χ1v) is 18.0. The summed E-state index contributed by atoms with van der Waals surface area (Å²) in [5.74, 6) is -2.36. The lowest BCUT2D eigenvalue weighted by Crippen LogP contribution is -2.32. The molecule has 282 valence electrons. The number of benzene rings is 2. The van der Waals surface area contributed by atoms with Gasteiger partial charge in [-0.3, -0.25) is 28.8 Å². The Labute approximate surface area is 303 Å². The highest BCUT2D eigenvalue weighted by Gasteiger charge is 2.35. The molecule has 14 heteroatoms. The first kappa shape index (κ1) is 40.1. The summed E-state index contributed by atoms with van der Waals surface area (Å²) in [7, 11) is 0. The molecule has 2 aromatic rings. The molecular weight excluding hydrogens is 674 g/mol. The molecule has 4 amide bonds. The number of carbonyl (C=O) groups excluding carboxylic acids is 6. The van der Waals surface area contributed by atoms with Gasteiger partial charge in [0.15, 0.2) is 5.78 Å². The normalized spacial score (nSPS) is 15.2. The van der Waals surface area contributed by atoms with Gasteiger partial charge in [-0.2, -0.15) is 0 Å². The Morgan fingerprint density at radius 3 is 2.33 bits per heavy atom. The number of hydroxylamine groups is 2. The minimum Gasteiger partial charge on any atom is -0.432 e. The number of hydrogen-bond acceptors (Lipinski definition) is 11. The summed E-state index contributed by atoms with van der Waals surface area (Å²) in [6.45, 7) is 5.63. The first-order valence-electron chi connectivity index (χ1n) is 18.0. The van der Waals surface area contributed by atoms with E-state index in [-0.39, 0.29) is 69.0 Å². The molecular formula is C38H49N3O11. The molecule has 2 aliphatic rings. The van der Waals surface area contributed by atoms with E-state index in [0.29, 0.717) is 61.9 Å². The summed E-state index contributed by atoms with van der Waals surface area (Å²) in [5, 5.41) is 15.1. The van der Waals surface area contributed by atoms with E-state index in [2.05, 4.69) is 17.6 Å². The van der Waals surface area contributed by atoms with Gasteiger partial charge in [-0.25, -0.2) is 4.79 Å². The van der Waals surface area contributed by atoms with Gasteiger partial charge in [0.25, 0.3) is 11.8 Å². The number of ether oxygens (including phenoxy) is 3. The van der Waals surface area contributed by atoms with Gasteiger partial charge in [0.2, 0.25) is 11.8 Å². The molecule has 1 heterocycles. The van der Waals surface area contributed by atoms with Crippen LogP contribution in [-0.4, -0.2) is 91.4 Å². The fourth-order valence-electron chi connectivity index (χ4n) is 5.96. The van der Waals surface area contributed by atoms with Gasteiger partial charge in [-0.15, -0.1) is 0 Å². The largest absolute Gasteiger partial charge is 0.533 e. The van der Waals surface area contributed by atoms with Crippen LogP contribution in [0.2, 0.25) is 0 Å². The zero-order chi connectivity index (χ0) is 37.5. The van der Waals surface area contributed by atoms with Gasteiger partial charge in [-0.05, 0) is 73.1 Å². The number of nitrogens with one attached hydrogen (secondary N) is 2. The quantitative estimate of drug-likeness (QED) is 0.0655. The van der Waals surface area contributed by atoms with Crippen molar-refractivity contribution in [3.63, 3.8) is 0 Å². The second-order valence-electron chi connectivity index (χ2n) is 12.8. The number of carbonyl (C=O) groups is 6. The molecule has 1 fully saturated rings. The molecule has 1 saturated heterocycles. The number of Topliss-reactive ketones (excluding diaryl/α,β-unsaturated/α-hetero) is 1. The fourth-order valence-corrected chi connectivity index (χ4v) is 5.96. The molecule has 2 aromatic carbocycles. The molecule has 0 bridgehead atoms. The molecule has 14 nitrogen and oxygen atoms in total. The summed E-state index contributed by atoms with van der Waals surface area (Å²) in [6, 6.07) is 10.7. The molecule has 0 radical (unpaired) electrons. The minimum absolute atomic E-state index is 0.0266. The highest BCUT2D eigenvalue weighted by molar-refractivity contribution is 6.01. The third-order valence-electron chi connectivity index (χ3n) is 8.79. The van der Waals surface area contributed by atoms with Crippen molar-refractivity contribution in [2.45, 2.75) is 90.1 Å². The maximum absolute atomic E-state index is 13.2. The number of aliphatic hydroxyl groups is 1. The molecule has 0 spiro atoms. The molecule has 1 aliphatic carbocycles. The topological polar surface area (TPSA) is 187 Å². The average Bonchev–Trinajstić information content (AvgIpc) is 3.60. The highest BCUT2D eigenvalue weighted by atomic mass is 16.8. The predicted molar refractivity (Wildman–Crippen MR) is 189 cm³/mol. The van der Waals surface area contributed by atoms with Crippen LogP contribution in [0.15, 0.2) is 36.4 Å². The van der Waals surface area contributed by atoms with E-state index in [1.54, 1.807) is 24.3 Å². The minimum atomic E-state index is -1.22. The Balaban J connectivity index is 1.40. The van der Waals surface area contributed by atoms with Crippen molar-refractivity contribution >= 4 is 41.3 Å². The van der Waals surface area contributed by atoms with Gasteiger partial charge in [0.1, 0.15) is 6.61 Å². The summed E-state index contributed by atoms with van der Waals surface area (Å²) in [6.07, 6.45) is 2.50. The third-order valence-corrected chi connectivity index (χ3v) is 8.79. The van der Waals surface area contributed by atoms with E-state index < -0.39 is 23.9 Å². The summed E-state index contributed by atoms with van der Waals surface area (Å²) < 4.78 is 16.5. The van der Waals surface area contributed by atoms with Gasteiger partial charge < -0.3 is 30.0 Å². The number of nitrogens with zero attached hydrogens (tertiary/aromatic N) is 1. The molecule has 1 aliphatic heterocycles. The van der Waals surface area contributed by atoms with E-state index >= 15 is 0 Å². The zero-order valence-electron chi connectivity index (χ0n) is 29.9. The molecule has 4 rings (SSSR count). The van der Waals surface area contributed by atoms with Crippen molar-refractivity contribution in [3.8, 4) is 11.1 Å². The van der Waals surface area contributed by atoms with Crippen LogP contribution in [0.1, 0.15) is 105 Å². The maximum Gasteiger partial charge on any atom is 0.533 e. The second-order valence-corrected chi connectivity index (χ2v) is 12.8. The van der Waals surface area contributed by atoms with Crippen LogP contribution < -0.4 is 10.6 Å². The van der Waals surface area contributed by atoms with Crippen LogP contribution in [0.3, 0.4) is 0 Å². The van der Waals surface area contributed by atoms with Gasteiger partial charge in [0, 0.05) is 75.6 Å². The Bertz CT molecular complexity index is 1580. The number of ketones is 1. The number of aliphatic hydroxyl groups excluding tert-OH is 1. The summed E-state index contributed by atoms with van der Waals surface area (Å²) in [4.78, 5) is 79.5. The smallest absolute Gasteiger partial charge is 0.432 e. The van der Waals surface area contributed by atoms with Crippen molar-refractivity contribution < 1.29 is 52.9 Å². The Morgan fingerprint density at radius 2 is 1.60 bits per heavy atom. The standard InChI is InChI=1S/C38H49N3O11/c1-3-4-19-49-21-17-39-34(44)8-5-9-35(45)40-27-11-13-29-28-12-10-26(33(43)7-6-20-50-25(2)16-18-42)22-30(28)32(31(29)23-27)24-51-38(48)52-41-36(46)14-15-37(41)47/h10-13,22-23,25,32,42H,3-9,14-21,24H2,1-2H3,(H,39,44)(H,40,45). The predicted octanol–water partition coefficient (Wildman–Crippen LogP) is 4.81.